The second kappa shape index (κ2) is 3.33. The predicted octanol–water partition coefficient (Wildman–Crippen LogP) is 1.66. The van der Waals surface area contributed by atoms with Crippen LogP contribution >= 0.6 is 22.6 Å². The van der Waals surface area contributed by atoms with Crippen LogP contribution in [0.25, 0.3) is 11.3 Å². The van der Waals surface area contributed by atoms with Gasteiger partial charge in [-0.2, -0.15) is 15.4 Å². The third kappa shape index (κ3) is 1.51. The average molecular weight is 286 g/mol. The van der Waals surface area contributed by atoms with Crippen molar-refractivity contribution in [2.45, 2.75) is 0 Å². The number of nitrogens with one attached hydrogen (secondary N) is 1. The van der Waals surface area contributed by atoms with Crippen molar-refractivity contribution < 1.29 is 0 Å². The van der Waals surface area contributed by atoms with Gasteiger partial charge in [0.05, 0.1) is 6.20 Å². The minimum absolute atomic E-state index is 0.723. The highest BCUT2D eigenvalue weighted by Crippen LogP contribution is 2.28. The highest BCUT2D eigenvalue weighted by atomic mass is 127. The van der Waals surface area contributed by atoms with Gasteiger partial charge in [-0.15, -0.1) is 0 Å². The van der Waals surface area contributed by atoms with Crippen molar-refractivity contribution >= 4 is 28.3 Å². The van der Waals surface area contributed by atoms with Crippen LogP contribution in [0.1, 0.15) is 0 Å². The molecule has 0 amide bonds. The molecule has 0 unspecified atom stereocenters. The van der Waals surface area contributed by atoms with Gasteiger partial charge >= 0.3 is 0 Å². The molecular weight excluding hydrogens is 279 g/mol. The number of benzene rings is 1. The molecule has 0 saturated carbocycles. The highest BCUT2D eigenvalue weighted by Gasteiger charge is 2.08. The fourth-order valence-corrected chi connectivity index (χ4v) is 1.93. The lowest BCUT2D eigenvalue weighted by Gasteiger charge is -2.03. The lowest BCUT2D eigenvalue weighted by atomic mass is 10.1. The van der Waals surface area contributed by atoms with E-state index in [0.29, 0.717) is 0 Å². The zero-order valence-corrected chi connectivity index (χ0v) is 8.82. The van der Waals surface area contributed by atoms with Crippen LogP contribution in [0.15, 0.2) is 24.4 Å². The lowest BCUT2D eigenvalue weighted by Crippen LogP contribution is -1.92. The Morgan fingerprint density at radius 1 is 1.38 bits per heavy atom. The van der Waals surface area contributed by atoms with E-state index < -0.39 is 0 Å². The Kier molecular flexibility index (Phi) is 2.17. The summed E-state index contributed by atoms with van der Waals surface area (Å²) in [7, 11) is 0. The fraction of sp³-hybridized carbons (Fsp3) is 0. The number of anilines is 1. The zero-order valence-electron chi connectivity index (χ0n) is 6.66. The summed E-state index contributed by atoms with van der Waals surface area (Å²) in [5.41, 5.74) is 8.27. The number of halogens is 1. The highest BCUT2D eigenvalue weighted by molar-refractivity contribution is 14.1. The SMILES string of the molecule is Nc1cccc(I)c1-c1cn[nH]n1. The maximum Gasteiger partial charge on any atom is 0.115 e. The number of hydrogen-bond donors (Lipinski definition) is 2. The molecule has 5 heteroatoms. The van der Waals surface area contributed by atoms with Crippen LogP contribution in [0.4, 0.5) is 5.69 Å². The fourth-order valence-electron chi connectivity index (χ4n) is 1.13. The largest absolute Gasteiger partial charge is 0.398 e. The van der Waals surface area contributed by atoms with Gasteiger partial charge in [-0.25, -0.2) is 0 Å². The first-order valence-corrected chi connectivity index (χ1v) is 4.77. The first kappa shape index (κ1) is 8.49. The number of nitrogen functional groups attached to an aromatic ring is 1. The molecule has 0 fully saturated rings. The van der Waals surface area contributed by atoms with E-state index in [1.54, 1.807) is 6.20 Å². The van der Waals surface area contributed by atoms with Gasteiger partial charge in [-0.05, 0) is 34.7 Å². The Morgan fingerprint density at radius 3 is 2.85 bits per heavy atom. The number of H-pyrrole nitrogens is 1. The molecule has 0 atom stereocenters. The smallest absolute Gasteiger partial charge is 0.115 e. The Bertz CT molecular complexity index is 390. The van der Waals surface area contributed by atoms with Crippen LogP contribution in [-0.4, -0.2) is 15.4 Å². The predicted molar refractivity (Wildman–Crippen MR) is 58.9 cm³/mol. The van der Waals surface area contributed by atoms with E-state index in [4.69, 9.17) is 5.73 Å². The second-order valence-corrected chi connectivity index (χ2v) is 3.72. The first-order chi connectivity index (χ1) is 6.29. The van der Waals surface area contributed by atoms with Crippen LogP contribution < -0.4 is 5.73 Å². The van der Waals surface area contributed by atoms with Crippen molar-refractivity contribution in [1.82, 2.24) is 15.4 Å². The standard InChI is InChI=1S/C8H7IN4/c9-5-2-1-3-6(10)8(5)7-4-11-13-12-7/h1-4H,10H2,(H,11,12,13). The van der Waals surface area contributed by atoms with Gasteiger partial charge in [0.25, 0.3) is 0 Å². The van der Waals surface area contributed by atoms with Crippen LogP contribution in [-0.2, 0) is 0 Å². The summed E-state index contributed by atoms with van der Waals surface area (Å²) in [5.74, 6) is 0. The van der Waals surface area contributed by atoms with E-state index in [0.717, 1.165) is 20.5 Å². The third-order valence-electron chi connectivity index (χ3n) is 1.72. The van der Waals surface area contributed by atoms with E-state index in [-0.39, 0.29) is 0 Å². The molecule has 0 aliphatic carbocycles. The molecule has 1 heterocycles. The van der Waals surface area contributed by atoms with Gasteiger partial charge in [0.2, 0.25) is 0 Å². The number of nitrogens with two attached hydrogens (primary N) is 1. The Labute approximate surface area is 88.7 Å². The van der Waals surface area contributed by atoms with Crippen LogP contribution in [0.5, 0.6) is 0 Å². The van der Waals surface area contributed by atoms with Gasteiger partial charge in [0, 0.05) is 14.8 Å². The minimum Gasteiger partial charge on any atom is -0.398 e. The van der Waals surface area contributed by atoms with Gasteiger partial charge in [-0.3, -0.25) is 0 Å². The molecule has 1 aromatic heterocycles. The molecular formula is C8H7IN4. The molecule has 3 N–H and O–H groups in total. The summed E-state index contributed by atoms with van der Waals surface area (Å²) in [5, 5.41) is 10.3. The van der Waals surface area contributed by atoms with E-state index in [1.165, 1.54) is 0 Å². The molecule has 0 spiro atoms. The maximum absolute atomic E-state index is 5.83. The minimum atomic E-state index is 0.723. The quantitative estimate of drug-likeness (QED) is 0.619. The number of aromatic nitrogens is 3. The van der Waals surface area contributed by atoms with Crippen LogP contribution in [0, 0.1) is 3.57 Å². The molecule has 0 aliphatic rings. The Morgan fingerprint density at radius 2 is 2.23 bits per heavy atom. The van der Waals surface area contributed by atoms with E-state index in [9.17, 15) is 0 Å². The number of hydrogen-bond acceptors (Lipinski definition) is 3. The van der Waals surface area contributed by atoms with Gasteiger partial charge < -0.3 is 5.73 Å². The van der Waals surface area contributed by atoms with Crippen molar-refractivity contribution in [3.63, 3.8) is 0 Å². The summed E-state index contributed by atoms with van der Waals surface area (Å²) >= 11 is 2.23. The second-order valence-electron chi connectivity index (χ2n) is 2.56. The number of aromatic amines is 1. The van der Waals surface area contributed by atoms with Crippen molar-refractivity contribution in [2.75, 3.05) is 5.73 Å². The summed E-state index contributed by atoms with van der Waals surface area (Å²) in [6.45, 7) is 0. The normalized spacial score (nSPS) is 10.2. The van der Waals surface area contributed by atoms with Crippen molar-refractivity contribution in [2.24, 2.45) is 0 Å². The summed E-state index contributed by atoms with van der Waals surface area (Å²) in [6.07, 6.45) is 1.66. The van der Waals surface area contributed by atoms with Gasteiger partial charge in [0.15, 0.2) is 0 Å². The summed E-state index contributed by atoms with van der Waals surface area (Å²) in [6, 6.07) is 5.76. The molecule has 13 heavy (non-hydrogen) atoms. The summed E-state index contributed by atoms with van der Waals surface area (Å²) < 4.78 is 1.08. The molecule has 0 aliphatic heterocycles. The molecule has 0 radical (unpaired) electrons. The first-order valence-electron chi connectivity index (χ1n) is 3.69. The molecule has 0 saturated heterocycles. The van der Waals surface area contributed by atoms with Crippen molar-refractivity contribution in [1.29, 1.82) is 0 Å². The molecule has 66 valence electrons. The number of rotatable bonds is 1. The topological polar surface area (TPSA) is 67.6 Å². The number of nitrogens with zero attached hydrogens (tertiary/aromatic N) is 2. The molecule has 0 bridgehead atoms. The van der Waals surface area contributed by atoms with Crippen molar-refractivity contribution in [3.8, 4) is 11.3 Å². The van der Waals surface area contributed by atoms with Gasteiger partial charge in [-0.1, -0.05) is 6.07 Å². The molecule has 1 aromatic carbocycles. The molecule has 2 rings (SSSR count). The lowest BCUT2D eigenvalue weighted by molar-refractivity contribution is 0.942. The Hall–Kier alpha value is -1.11. The van der Waals surface area contributed by atoms with Crippen LogP contribution in [0.2, 0.25) is 0 Å². The molecule has 2 aromatic rings. The average Bonchev–Trinajstić information content (AvgIpc) is 2.57. The van der Waals surface area contributed by atoms with E-state index in [1.807, 2.05) is 18.2 Å². The van der Waals surface area contributed by atoms with Crippen LogP contribution in [0.3, 0.4) is 0 Å². The maximum atomic E-state index is 5.83. The third-order valence-corrected chi connectivity index (χ3v) is 2.62. The van der Waals surface area contributed by atoms with Crippen molar-refractivity contribution in [3.05, 3.63) is 28.0 Å². The molecule has 4 nitrogen and oxygen atoms in total. The van der Waals surface area contributed by atoms with E-state index in [2.05, 4.69) is 38.0 Å². The van der Waals surface area contributed by atoms with Gasteiger partial charge in [0.1, 0.15) is 5.69 Å². The monoisotopic (exact) mass is 286 g/mol. The summed E-state index contributed by atoms with van der Waals surface area (Å²) in [4.78, 5) is 0. The Balaban J connectivity index is 2.64. The zero-order chi connectivity index (χ0) is 9.26. The van der Waals surface area contributed by atoms with E-state index >= 15 is 0 Å².